The van der Waals surface area contributed by atoms with Crippen LogP contribution in [0.1, 0.15) is 23.0 Å². The number of hydrogen-bond donors (Lipinski definition) is 0. The molecule has 0 saturated carbocycles. The fourth-order valence-electron chi connectivity index (χ4n) is 1.77. The zero-order valence-corrected chi connectivity index (χ0v) is 10.0. The number of aryl methyl sites for hydroxylation is 1. The highest BCUT2D eigenvalue weighted by Crippen LogP contribution is 2.18. The maximum atomic E-state index is 12.2. The Kier molecular flexibility index (Phi) is 3.28. The van der Waals surface area contributed by atoms with Crippen LogP contribution in [0.3, 0.4) is 0 Å². The average Bonchev–Trinajstić information content (AvgIpc) is 2.83. The highest BCUT2D eigenvalue weighted by atomic mass is 16.3. The van der Waals surface area contributed by atoms with Crippen molar-refractivity contribution in [2.24, 2.45) is 0 Å². The molecule has 17 heavy (non-hydrogen) atoms. The Morgan fingerprint density at radius 1 is 1.29 bits per heavy atom. The summed E-state index contributed by atoms with van der Waals surface area (Å²) >= 11 is 0. The largest absolute Gasteiger partial charge is 0.459 e. The number of amides is 1. The molecule has 2 rings (SSSR count). The molecular formula is C14H15NO2. The van der Waals surface area contributed by atoms with E-state index in [1.165, 1.54) is 6.26 Å². The molecule has 0 unspecified atom stereocenters. The summed E-state index contributed by atoms with van der Waals surface area (Å²) in [6, 6.07) is 11.3. The van der Waals surface area contributed by atoms with Crippen LogP contribution in [-0.4, -0.2) is 12.5 Å². The molecule has 0 fully saturated rings. The first-order valence-electron chi connectivity index (χ1n) is 5.64. The van der Waals surface area contributed by atoms with E-state index in [4.69, 9.17) is 4.42 Å². The second-order valence-electron chi connectivity index (χ2n) is 3.87. The number of hydrogen-bond acceptors (Lipinski definition) is 2. The van der Waals surface area contributed by atoms with Crippen LogP contribution in [0, 0.1) is 6.92 Å². The summed E-state index contributed by atoms with van der Waals surface area (Å²) in [7, 11) is 0. The highest BCUT2D eigenvalue weighted by Gasteiger charge is 2.18. The summed E-state index contributed by atoms with van der Waals surface area (Å²) in [5.74, 6) is 0.261. The van der Waals surface area contributed by atoms with Gasteiger partial charge in [0.15, 0.2) is 5.76 Å². The number of furan rings is 1. The first-order valence-corrected chi connectivity index (χ1v) is 5.64. The van der Waals surface area contributed by atoms with Gasteiger partial charge in [-0.25, -0.2) is 0 Å². The average molecular weight is 229 g/mol. The summed E-state index contributed by atoms with van der Waals surface area (Å²) < 4.78 is 5.14. The fraction of sp³-hybridized carbons (Fsp3) is 0.214. The number of carbonyl (C=O) groups is 1. The highest BCUT2D eigenvalue weighted by molar-refractivity contribution is 6.04. The number of benzene rings is 1. The Balaban J connectivity index is 2.31. The molecule has 1 amide bonds. The Morgan fingerprint density at radius 3 is 2.71 bits per heavy atom. The van der Waals surface area contributed by atoms with Gasteiger partial charge < -0.3 is 9.32 Å². The van der Waals surface area contributed by atoms with E-state index in [1.54, 1.807) is 17.0 Å². The van der Waals surface area contributed by atoms with Crippen LogP contribution in [0.25, 0.3) is 0 Å². The molecule has 3 heteroatoms. The molecule has 0 N–H and O–H groups in total. The van der Waals surface area contributed by atoms with Gasteiger partial charge in [0.1, 0.15) is 0 Å². The van der Waals surface area contributed by atoms with Crippen molar-refractivity contribution in [2.75, 3.05) is 11.4 Å². The molecule has 0 aliphatic heterocycles. The third-order valence-corrected chi connectivity index (χ3v) is 2.61. The van der Waals surface area contributed by atoms with Crippen LogP contribution in [-0.2, 0) is 0 Å². The zero-order chi connectivity index (χ0) is 12.3. The molecule has 3 nitrogen and oxygen atoms in total. The molecule has 0 aliphatic carbocycles. The van der Waals surface area contributed by atoms with Gasteiger partial charge in [-0.2, -0.15) is 0 Å². The van der Waals surface area contributed by atoms with Gasteiger partial charge in [0.2, 0.25) is 0 Å². The van der Waals surface area contributed by atoms with Crippen LogP contribution in [0.15, 0.2) is 47.1 Å². The third kappa shape index (κ3) is 2.38. The van der Waals surface area contributed by atoms with Crippen molar-refractivity contribution < 1.29 is 9.21 Å². The van der Waals surface area contributed by atoms with Crippen LogP contribution in [0.5, 0.6) is 0 Å². The van der Waals surface area contributed by atoms with E-state index < -0.39 is 0 Å². The van der Waals surface area contributed by atoms with Gasteiger partial charge in [-0.05, 0) is 43.7 Å². The smallest absolute Gasteiger partial charge is 0.293 e. The van der Waals surface area contributed by atoms with E-state index in [0.717, 1.165) is 11.3 Å². The lowest BCUT2D eigenvalue weighted by atomic mass is 10.2. The van der Waals surface area contributed by atoms with Crippen molar-refractivity contribution in [1.82, 2.24) is 0 Å². The zero-order valence-electron chi connectivity index (χ0n) is 10.0. The van der Waals surface area contributed by atoms with Gasteiger partial charge in [0.25, 0.3) is 5.91 Å². The summed E-state index contributed by atoms with van der Waals surface area (Å²) in [4.78, 5) is 13.9. The van der Waals surface area contributed by atoms with Gasteiger partial charge in [0.05, 0.1) is 6.26 Å². The van der Waals surface area contributed by atoms with Crippen LogP contribution < -0.4 is 4.90 Å². The number of nitrogens with zero attached hydrogens (tertiary/aromatic N) is 1. The molecule has 88 valence electrons. The Hall–Kier alpha value is -2.03. The predicted octanol–water partition coefficient (Wildman–Crippen LogP) is 3.25. The molecule has 1 aromatic carbocycles. The van der Waals surface area contributed by atoms with Gasteiger partial charge in [-0.1, -0.05) is 12.1 Å². The van der Waals surface area contributed by atoms with E-state index >= 15 is 0 Å². The first-order chi connectivity index (χ1) is 8.22. The van der Waals surface area contributed by atoms with Crippen molar-refractivity contribution in [2.45, 2.75) is 13.8 Å². The quantitative estimate of drug-likeness (QED) is 0.809. The van der Waals surface area contributed by atoms with E-state index in [-0.39, 0.29) is 5.91 Å². The molecule has 1 heterocycles. The molecule has 0 saturated heterocycles. The lowest BCUT2D eigenvalue weighted by Gasteiger charge is -2.20. The van der Waals surface area contributed by atoms with Crippen molar-refractivity contribution in [3.8, 4) is 0 Å². The Bertz CT molecular complexity index is 503. The van der Waals surface area contributed by atoms with Gasteiger partial charge in [-0.15, -0.1) is 0 Å². The van der Waals surface area contributed by atoms with E-state index in [9.17, 15) is 4.79 Å². The van der Waals surface area contributed by atoms with Crippen molar-refractivity contribution in [1.29, 1.82) is 0 Å². The summed E-state index contributed by atoms with van der Waals surface area (Å²) in [5.41, 5.74) is 2.03. The maximum Gasteiger partial charge on any atom is 0.293 e. The van der Waals surface area contributed by atoms with Crippen molar-refractivity contribution in [3.05, 3.63) is 54.0 Å². The molecule has 2 aromatic rings. The van der Waals surface area contributed by atoms with Gasteiger partial charge in [-0.3, -0.25) is 4.79 Å². The van der Waals surface area contributed by atoms with E-state index in [1.807, 2.05) is 38.1 Å². The molecule has 0 bridgehead atoms. The van der Waals surface area contributed by atoms with Crippen LogP contribution in [0.4, 0.5) is 5.69 Å². The Labute approximate surface area is 101 Å². The number of carbonyl (C=O) groups excluding carboxylic acids is 1. The second kappa shape index (κ2) is 4.87. The monoisotopic (exact) mass is 229 g/mol. The molecular weight excluding hydrogens is 214 g/mol. The van der Waals surface area contributed by atoms with Crippen LogP contribution >= 0.6 is 0 Å². The molecule has 0 radical (unpaired) electrons. The fourth-order valence-corrected chi connectivity index (χ4v) is 1.77. The minimum Gasteiger partial charge on any atom is -0.459 e. The second-order valence-corrected chi connectivity index (χ2v) is 3.87. The molecule has 1 aromatic heterocycles. The van der Waals surface area contributed by atoms with E-state index in [0.29, 0.717) is 12.3 Å². The standard InChI is InChI=1S/C14H15NO2/c1-3-15(12-7-4-6-11(2)10-12)14(16)13-8-5-9-17-13/h4-10H,3H2,1-2H3. The van der Waals surface area contributed by atoms with E-state index in [2.05, 4.69) is 0 Å². The Morgan fingerprint density at radius 2 is 2.12 bits per heavy atom. The maximum absolute atomic E-state index is 12.2. The third-order valence-electron chi connectivity index (χ3n) is 2.61. The lowest BCUT2D eigenvalue weighted by Crippen LogP contribution is -2.30. The first kappa shape index (κ1) is 11.5. The lowest BCUT2D eigenvalue weighted by molar-refractivity contribution is 0.0961. The van der Waals surface area contributed by atoms with Crippen molar-refractivity contribution >= 4 is 11.6 Å². The molecule has 0 spiro atoms. The normalized spacial score (nSPS) is 10.2. The summed E-state index contributed by atoms with van der Waals surface area (Å²) in [5, 5.41) is 0. The SMILES string of the molecule is CCN(C(=O)c1ccco1)c1cccc(C)c1. The molecule has 0 atom stereocenters. The van der Waals surface area contributed by atoms with Gasteiger partial charge >= 0.3 is 0 Å². The molecule has 0 aliphatic rings. The number of rotatable bonds is 3. The van der Waals surface area contributed by atoms with Crippen molar-refractivity contribution in [3.63, 3.8) is 0 Å². The summed E-state index contributed by atoms with van der Waals surface area (Å²) in [6.07, 6.45) is 1.51. The van der Waals surface area contributed by atoms with Crippen LogP contribution in [0.2, 0.25) is 0 Å². The topological polar surface area (TPSA) is 33.5 Å². The minimum atomic E-state index is -0.108. The predicted molar refractivity (Wildman–Crippen MR) is 67.2 cm³/mol. The number of anilines is 1. The summed E-state index contributed by atoms with van der Waals surface area (Å²) in [6.45, 7) is 4.57. The minimum absolute atomic E-state index is 0.108. The van der Waals surface area contributed by atoms with Gasteiger partial charge in [0, 0.05) is 12.2 Å².